The highest BCUT2D eigenvalue weighted by Crippen LogP contribution is 2.34. The standard InChI is InChI=1S/C23H30N2O/c26-22-11-13-24(14-12-22)16-21-17-25(15-19-7-3-1-4-8-19)18-23(21)20-9-5-2-6-10-20/h1-10,21-23,26H,11-18H2. The lowest BCUT2D eigenvalue weighted by Crippen LogP contribution is -2.40. The van der Waals surface area contributed by atoms with E-state index in [1.54, 1.807) is 0 Å². The molecule has 26 heavy (non-hydrogen) atoms. The molecule has 138 valence electrons. The summed E-state index contributed by atoms with van der Waals surface area (Å²) in [6, 6.07) is 21.9. The zero-order valence-corrected chi connectivity index (χ0v) is 15.5. The summed E-state index contributed by atoms with van der Waals surface area (Å²) in [5, 5.41) is 9.79. The molecule has 0 radical (unpaired) electrons. The normalized spacial score (nSPS) is 25.6. The van der Waals surface area contributed by atoms with Crippen LogP contribution in [0.4, 0.5) is 0 Å². The van der Waals surface area contributed by atoms with Gasteiger partial charge in [0.1, 0.15) is 0 Å². The zero-order chi connectivity index (χ0) is 17.8. The van der Waals surface area contributed by atoms with Crippen LogP contribution < -0.4 is 0 Å². The Hall–Kier alpha value is -1.68. The van der Waals surface area contributed by atoms with Gasteiger partial charge in [0.25, 0.3) is 0 Å². The van der Waals surface area contributed by atoms with E-state index in [2.05, 4.69) is 70.5 Å². The SMILES string of the molecule is OC1CCN(CC2CN(Cc3ccccc3)CC2c2ccccc2)CC1. The van der Waals surface area contributed by atoms with E-state index in [4.69, 9.17) is 0 Å². The molecule has 3 heteroatoms. The quantitative estimate of drug-likeness (QED) is 0.896. The number of benzene rings is 2. The van der Waals surface area contributed by atoms with Crippen LogP contribution in [0.1, 0.15) is 29.9 Å². The van der Waals surface area contributed by atoms with Gasteiger partial charge >= 0.3 is 0 Å². The van der Waals surface area contributed by atoms with Crippen LogP contribution in [-0.4, -0.2) is 53.7 Å². The number of aliphatic hydroxyl groups is 1. The number of likely N-dealkylation sites (tertiary alicyclic amines) is 2. The number of nitrogens with zero attached hydrogens (tertiary/aromatic N) is 2. The molecule has 1 N–H and O–H groups in total. The third-order valence-electron chi connectivity index (χ3n) is 6.04. The molecule has 2 aromatic carbocycles. The highest BCUT2D eigenvalue weighted by Gasteiger charge is 2.35. The van der Waals surface area contributed by atoms with E-state index in [0.29, 0.717) is 11.8 Å². The first-order chi connectivity index (χ1) is 12.8. The number of hydrogen-bond donors (Lipinski definition) is 1. The Morgan fingerprint density at radius 3 is 2.15 bits per heavy atom. The van der Waals surface area contributed by atoms with Crippen LogP contribution in [0.3, 0.4) is 0 Å². The monoisotopic (exact) mass is 350 g/mol. The van der Waals surface area contributed by atoms with Gasteiger partial charge < -0.3 is 10.0 Å². The van der Waals surface area contributed by atoms with Crippen molar-refractivity contribution >= 4 is 0 Å². The molecular formula is C23H30N2O. The van der Waals surface area contributed by atoms with Crippen molar-refractivity contribution in [1.82, 2.24) is 9.80 Å². The molecule has 0 aromatic heterocycles. The molecule has 2 aliphatic heterocycles. The van der Waals surface area contributed by atoms with E-state index in [-0.39, 0.29) is 6.10 Å². The predicted molar refractivity (Wildman–Crippen MR) is 106 cm³/mol. The van der Waals surface area contributed by atoms with Crippen LogP contribution >= 0.6 is 0 Å². The van der Waals surface area contributed by atoms with Crippen molar-refractivity contribution in [3.05, 3.63) is 71.8 Å². The number of piperidine rings is 1. The van der Waals surface area contributed by atoms with E-state index in [1.165, 1.54) is 11.1 Å². The molecule has 2 saturated heterocycles. The molecule has 3 nitrogen and oxygen atoms in total. The third-order valence-corrected chi connectivity index (χ3v) is 6.04. The maximum absolute atomic E-state index is 9.79. The van der Waals surface area contributed by atoms with Gasteiger partial charge in [-0.25, -0.2) is 0 Å². The minimum atomic E-state index is -0.0886. The van der Waals surface area contributed by atoms with Crippen molar-refractivity contribution in [2.75, 3.05) is 32.7 Å². The number of rotatable bonds is 5. The fourth-order valence-electron chi connectivity index (χ4n) is 4.63. The lowest BCUT2D eigenvalue weighted by atomic mass is 9.88. The van der Waals surface area contributed by atoms with Crippen molar-refractivity contribution in [2.24, 2.45) is 5.92 Å². The highest BCUT2D eigenvalue weighted by molar-refractivity contribution is 5.23. The molecule has 2 unspecified atom stereocenters. The van der Waals surface area contributed by atoms with Crippen molar-refractivity contribution in [1.29, 1.82) is 0 Å². The summed E-state index contributed by atoms with van der Waals surface area (Å²) in [7, 11) is 0. The van der Waals surface area contributed by atoms with E-state index in [9.17, 15) is 5.11 Å². The van der Waals surface area contributed by atoms with Crippen LogP contribution in [0.5, 0.6) is 0 Å². The fraction of sp³-hybridized carbons (Fsp3) is 0.478. The molecule has 4 rings (SSSR count). The zero-order valence-electron chi connectivity index (χ0n) is 15.5. The average Bonchev–Trinajstić information content (AvgIpc) is 3.07. The minimum Gasteiger partial charge on any atom is -0.393 e. The van der Waals surface area contributed by atoms with E-state index in [0.717, 1.165) is 52.1 Å². The van der Waals surface area contributed by atoms with Gasteiger partial charge in [0.05, 0.1) is 6.10 Å². The molecule has 0 bridgehead atoms. The predicted octanol–water partition coefficient (Wildman–Crippen LogP) is 3.36. The minimum absolute atomic E-state index is 0.0886. The first-order valence-corrected chi connectivity index (χ1v) is 9.99. The van der Waals surface area contributed by atoms with Crippen molar-refractivity contribution < 1.29 is 5.11 Å². The Balaban J connectivity index is 1.46. The van der Waals surface area contributed by atoms with Crippen LogP contribution in [0, 0.1) is 5.92 Å². The second kappa shape index (κ2) is 8.34. The summed E-state index contributed by atoms with van der Waals surface area (Å²) in [6.07, 6.45) is 1.77. The largest absolute Gasteiger partial charge is 0.393 e. The van der Waals surface area contributed by atoms with Crippen molar-refractivity contribution in [3.8, 4) is 0 Å². The Morgan fingerprint density at radius 2 is 1.46 bits per heavy atom. The Morgan fingerprint density at radius 1 is 0.808 bits per heavy atom. The highest BCUT2D eigenvalue weighted by atomic mass is 16.3. The van der Waals surface area contributed by atoms with E-state index >= 15 is 0 Å². The van der Waals surface area contributed by atoms with Gasteiger partial charge in [-0.05, 0) is 29.9 Å². The molecule has 2 heterocycles. The summed E-state index contributed by atoms with van der Waals surface area (Å²) in [6.45, 7) is 6.57. The summed E-state index contributed by atoms with van der Waals surface area (Å²) < 4.78 is 0. The van der Waals surface area contributed by atoms with Gasteiger partial charge in [-0.2, -0.15) is 0 Å². The smallest absolute Gasteiger partial charge is 0.0564 e. The van der Waals surface area contributed by atoms with Crippen molar-refractivity contribution in [3.63, 3.8) is 0 Å². The van der Waals surface area contributed by atoms with Crippen LogP contribution in [0.25, 0.3) is 0 Å². The summed E-state index contributed by atoms with van der Waals surface area (Å²) in [5.74, 6) is 1.27. The van der Waals surface area contributed by atoms with Gasteiger partial charge in [-0.3, -0.25) is 4.90 Å². The first kappa shape index (κ1) is 17.7. The molecule has 2 fully saturated rings. The van der Waals surface area contributed by atoms with Crippen LogP contribution in [0.2, 0.25) is 0 Å². The molecule has 0 saturated carbocycles. The number of aliphatic hydroxyl groups excluding tert-OH is 1. The average molecular weight is 351 g/mol. The van der Waals surface area contributed by atoms with Gasteiger partial charge in [-0.1, -0.05) is 60.7 Å². The summed E-state index contributed by atoms with van der Waals surface area (Å²) in [5.41, 5.74) is 2.88. The summed E-state index contributed by atoms with van der Waals surface area (Å²) in [4.78, 5) is 5.19. The summed E-state index contributed by atoms with van der Waals surface area (Å²) >= 11 is 0. The van der Waals surface area contributed by atoms with Crippen molar-refractivity contribution in [2.45, 2.75) is 31.4 Å². The molecule has 2 aromatic rings. The molecular weight excluding hydrogens is 320 g/mol. The molecule has 0 amide bonds. The van der Waals surface area contributed by atoms with Gasteiger partial charge in [-0.15, -0.1) is 0 Å². The van der Waals surface area contributed by atoms with Gasteiger partial charge in [0.2, 0.25) is 0 Å². The Bertz CT molecular complexity index is 667. The van der Waals surface area contributed by atoms with E-state index < -0.39 is 0 Å². The molecule has 2 aliphatic rings. The second-order valence-electron chi connectivity index (χ2n) is 7.99. The molecule has 2 atom stereocenters. The molecule has 0 spiro atoms. The lowest BCUT2D eigenvalue weighted by Gasteiger charge is -2.33. The van der Waals surface area contributed by atoms with E-state index in [1.807, 2.05) is 0 Å². The van der Waals surface area contributed by atoms with Gasteiger partial charge in [0.15, 0.2) is 0 Å². The van der Waals surface area contributed by atoms with Crippen LogP contribution in [0.15, 0.2) is 60.7 Å². The Labute approximate surface area is 157 Å². The molecule has 0 aliphatic carbocycles. The number of hydrogen-bond acceptors (Lipinski definition) is 3. The fourth-order valence-corrected chi connectivity index (χ4v) is 4.63. The maximum Gasteiger partial charge on any atom is 0.0564 e. The Kier molecular flexibility index (Phi) is 5.68. The third kappa shape index (κ3) is 4.35. The first-order valence-electron chi connectivity index (χ1n) is 9.99. The topological polar surface area (TPSA) is 26.7 Å². The lowest BCUT2D eigenvalue weighted by molar-refractivity contribution is 0.0740. The second-order valence-corrected chi connectivity index (χ2v) is 7.99. The van der Waals surface area contributed by atoms with Gasteiger partial charge in [0, 0.05) is 45.2 Å². The maximum atomic E-state index is 9.79. The van der Waals surface area contributed by atoms with Crippen LogP contribution in [-0.2, 0) is 6.54 Å².